The van der Waals surface area contributed by atoms with Gasteiger partial charge in [-0.1, -0.05) is 29.8 Å². The number of aromatic amines is 1. The Morgan fingerprint density at radius 3 is 2.81 bits per heavy atom. The van der Waals surface area contributed by atoms with Crippen molar-refractivity contribution in [1.29, 1.82) is 5.26 Å². The van der Waals surface area contributed by atoms with E-state index in [1.807, 2.05) is 55.6 Å². The molecule has 0 aliphatic rings. The molecule has 16 heavy (non-hydrogen) atoms. The molecule has 2 rings (SSSR count). The molecule has 1 aromatic carbocycles. The standard InChI is InChI=1S/C14H12N2/c1-11-4-2-5-12(8-11)13(10-15)9-14-6-3-7-16-14/h2-9,16H,1H3/b13-9+. The van der Waals surface area contributed by atoms with Crippen molar-refractivity contribution in [2.45, 2.75) is 6.92 Å². The molecule has 0 saturated carbocycles. The van der Waals surface area contributed by atoms with Crippen molar-refractivity contribution < 1.29 is 0 Å². The normalized spacial score (nSPS) is 11.1. The smallest absolute Gasteiger partial charge is 0.0998 e. The molecule has 2 aromatic rings. The summed E-state index contributed by atoms with van der Waals surface area (Å²) < 4.78 is 0. The molecule has 2 heteroatoms. The lowest BCUT2D eigenvalue weighted by molar-refractivity contribution is 1.37. The maximum atomic E-state index is 9.14. The van der Waals surface area contributed by atoms with Crippen LogP contribution in [0.3, 0.4) is 0 Å². The van der Waals surface area contributed by atoms with E-state index in [-0.39, 0.29) is 0 Å². The molecule has 1 heterocycles. The zero-order valence-corrected chi connectivity index (χ0v) is 9.07. The number of hydrogen-bond acceptors (Lipinski definition) is 1. The molecule has 78 valence electrons. The van der Waals surface area contributed by atoms with Crippen LogP contribution in [0.25, 0.3) is 11.6 Å². The summed E-state index contributed by atoms with van der Waals surface area (Å²) in [5.74, 6) is 0. The Morgan fingerprint density at radius 2 is 2.19 bits per heavy atom. The maximum Gasteiger partial charge on any atom is 0.0998 e. The van der Waals surface area contributed by atoms with Gasteiger partial charge in [-0.2, -0.15) is 5.26 Å². The number of nitrogens with zero attached hydrogens (tertiary/aromatic N) is 1. The Balaban J connectivity index is 2.41. The number of benzene rings is 1. The molecule has 0 saturated heterocycles. The van der Waals surface area contributed by atoms with Gasteiger partial charge in [-0.25, -0.2) is 0 Å². The van der Waals surface area contributed by atoms with Crippen molar-refractivity contribution in [3.05, 3.63) is 59.4 Å². The van der Waals surface area contributed by atoms with Gasteiger partial charge in [-0.15, -0.1) is 0 Å². The molecule has 0 unspecified atom stereocenters. The molecule has 0 aliphatic heterocycles. The van der Waals surface area contributed by atoms with Gasteiger partial charge in [-0.3, -0.25) is 0 Å². The number of hydrogen-bond donors (Lipinski definition) is 1. The molecular formula is C14H12N2. The van der Waals surface area contributed by atoms with E-state index in [4.69, 9.17) is 5.26 Å². The first kappa shape index (κ1) is 10.3. The number of aromatic nitrogens is 1. The van der Waals surface area contributed by atoms with E-state index in [9.17, 15) is 0 Å². The van der Waals surface area contributed by atoms with Crippen LogP contribution in [0.4, 0.5) is 0 Å². The summed E-state index contributed by atoms with van der Waals surface area (Å²) in [6.45, 7) is 2.02. The summed E-state index contributed by atoms with van der Waals surface area (Å²) in [6.07, 6.45) is 3.70. The lowest BCUT2D eigenvalue weighted by atomic mass is 10.0. The second kappa shape index (κ2) is 4.50. The second-order valence-electron chi connectivity index (χ2n) is 3.66. The van der Waals surface area contributed by atoms with Gasteiger partial charge in [0.15, 0.2) is 0 Å². The van der Waals surface area contributed by atoms with Gasteiger partial charge < -0.3 is 4.98 Å². The van der Waals surface area contributed by atoms with Crippen LogP contribution >= 0.6 is 0 Å². The van der Waals surface area contributed by atoms with Gasteiger partial charge in [0, 0.05) is 11.9 Å². The van der Waals surface area contributed by atoms with Crippen molar-refractivity contribution in [1.82, 2.24) is 4.98 Å². The number of nitriles is 1. The van der Waals surface area contributed by atoms with Crippen molar-refractivity contribution in [2.75, 3.05) is 0 Å². The highest BCUT2D eigenvalue weighted by Gasteiger charge is 2.01. The van der Waals surface area contributed by atoms with Crippen LogP contribution in [0.15, 0.2) is 42.6 Å². The molecule has 0 spiro atoms. The molecule has 0 fully saturated rings. The minimum Gasteiger partial charge on any atom is -0.362 e. The van der Waals surface area contributed by atoms with Gasteiger partial charge in [0.25, 0.3) is 0 Å². The molecule has 0 aliphatic carbocycles. The van der Waals surface area contributed by atoms with E-state index >= 15 is 0 Å². The SMILES string of the molecule is Cc1cccc(/C(C#N)=C/c2ccc[nH]2)c1. The minimum atomic E-state index is 0.672. The third-order valence-corrected chi connectivity index (χ3v) is 2.37. The Morgan fingerprint density at radius 1 is 1.31 bits per heavy atom. The van der Waals surface area contributed by atoms with Crippen LogP contribution in [0.1, 0.15) is 16.8 Å². The van der Waals surface area contributed by atoms with Crippen LogP contribution in [0.2, 0.25) is 0 Å². The summed E-state index contributed by atoms with van der Waals surface area (Å²) >= 11 is 0. The maximum absolute atomic E-state index is 9.14. The summed E-state index contributed by atoms with van der Waals surface area (Å²) in [6, 6.07) is 14.0. The summed E-state index contributed by atoms with van der Waals surface area (Å²) in [7, 11) is 0. The van der Waals surface area contributed by atoms with Crippen molar-refractivity contribution >= 4 is 11.6 Å². The predicted octanol–water partition coefficient (Wildman–Crippen LogP) is 3.39. The molecule has 0 amide bonds. The van der Waals surface area contributed by atoms with E-state index < -0.39 is 0 Å². The Bertz CT molecular complexity index is 542. The van der Waals surface area contributed by atoms with E-state index in [0.29, 0.717) is 5.57 Å². The first-order valence-corrected chi connectivity index (χ1v) is 5.12. The van der Waals surface area contributed by atoms with Gasteiger partial charge in [-0.05, 0) is 30.7 Å². The van der Waals surface area contributed by atoms with Crippen LogP contribution in [0.5, 0.6) is 0 Å². The molecular weight excluding hydrogens is 196 g/mol. The Hall–Kier alpha value is -2.27. The molecule has 1 N–H and O–H groups in total. The molecule has 0 radical (unpaired) electrons. The highest BCUT2D eigenvalue weighted by molar-refractivity contribution is 5.89. The number of aryl methyl sites for hydroxylation is 1. The third kappa shape index (κ3) is 2.21. The quantitative estimate of drug-likeness (QED) is 0.755. The number of allylic oxidation sites excluding steroid dienone is 1. The highest BCUT2D eigenvalue weighted by Crippen LogP contribution is 2.17. The molecule has 0 bridgehead atoms. The zero-order valence-electron chi connectivity index (χ0n) is 9.07. The fraction of sp³-hybridized carbons (Fsp3) is 0.0714. The summed E-state index contributed by atoms with van der Waals surface area (Å²) in [5.41, 5.74) is 3.73. The number of nitrogens with one attached hydrogen (secondary N) is 1. The van der Waals surface area contributed by atoms with Gasteiger partial charge >= 0.3 is 0 Å². The average molecular weight is 208 g/mol. The van der Waals surface area contributed by atoms with Crippen molar-refractivity contribution in [2.24, 2.45) is 0 Å². The fourth-order valence-electron chi connectivity index (χ4n) is 1.58. The number of rotatable bonds is 2. The molecule has 0 atom stereocenters. The van der Waals surface area contributed by atoms with E-state index in [1.54, 1.807) is 0 Å². The van der Waals surface area contributed by atoms with E-state index in [2.05, 4.69) is 11.1 Å². The first-order valence-electron chi connectivity index (χ1n) is 5.12. The first-order chi connectivity index (χ1) is 7.79. The number of H-pyrrole nitrogens is 1. The van der Waals surface area contributed by atoms with Gasteiger partial charge in [0.2, 0.25) is 0 Å². The molecule has 2 nitrogen and oxygen atoms in total. The van der Waals surface area contributed by atoms with Crippen LogP contribution in [0, 0.1) is 18.3 Å². The predicted molar refractivity (Wildman–Crippen MR) is 65.5 cm³/mol. The summed E-state index contributed by atoms with van der Waals surface area (Å²) in [4.78, 5) is 3.06. The topological polar surface area (TPSA) is 39.6 Å². The monoisotopic (exact) mass is 208 g/mol. The van der Waals surface area contributed by atoms with Gasteiger partial charge in [0.05, 0.1) is 11.6 Å². The third-order valence-electron chi connectivity index (χ3n) is 2.37. The van der Waals surface area contributed by atoms with Gasteiger partial charge in [0.1, 0.15) is 0 Å². The minimum absolute atomic E-state index is 0.672. The Kier molecular flexibility index (Phi) is 2.88. The molecule has 1 aromatic heterocycles. The second-order valence-corrected chi connectivity index (χ2v) is 3.66. The lowest BCUT2D eigenvalue weighted by Crippen LogP contribution is -1.83. The highest BCUT2D eigenvalue weighted by atomic mass is 14.7. The van der Waals surface area contributed by atoms with E-state index in [0.717, 1.165) is 16.8 Å². The van der Waals surface area contributed by atoms with Crippen molar-refractivity contribution in [3.8, 4) is 6.07 Å². The summed E-state index contributed by atoms with van der Waals surface area (Å²) in [5, 5.41) is 9.14. The zero-order chi connectivity index (χ0) is 11.4. The van der Waals surface area contributed by atoms with Crippen LogP contribution in [-0.2, 0) is 0 Å². The van der Waals surface area contributed by atoms with Crippen LogP contribution in [-0.4, -0.2) is 4.98 Å². The van der Waals surface area contributed by atoms with Crippen LogP contribution < -0.4 is 0 Å². The van der Waals surface area contributed by atoms with Crippen molar-refractivity contribution in [3.63, 3.8) is 0 Å². The van der Waals surface area contributed by atoms with E-state index in [1.165, 1.54) is 0 Å². The lowest BCUT2D eigenvalue weighted by Gasteiger charge is -2.00. The Labute approximate surface area is 94.9 Å². The average Bonchev–Trinajstić information content (AvgIpc) is 2.78. The largest absolute Gasteiger partial charge is 0.362 e. The fourth-order valence-corrected chi connectivity index (χ4v) is 1.58.